The summed E-state index contributed by atoms with van der Waals surface area (Å²) in [6, 6.07) is 24.3. The third kappa shape index (κ3) is 8.91. The van der Waals surface area contributed by atoms with Crippen LogP contribution < -0.4 is 0 Å². The van der Waals surface area contributed by atoms with Crippen molar-refractivity contribution < 1.29 is 40.6 Å². The maximum absolute atomic E-state index is 12.9. The Hall–Kier alpha value is -3.63. The number of benzene rings is 4. The van der Waals surface area contributed by atoms with Gasteiger partial charge in [0.25, 0.3) is 0 Å². The summed E-state index contributed by atoms with van der Waals surface area (Å²) in [7, 11) is 0. The van der Waals surface area contributed by atoms with E-state index in [1.165, 1.54) is 110 Å². The Labute approximate surface area is 443 Å². The molecule has 4 heteroatoms. The number of phenols is 2. The molecule has 0 aromatic heterocycles. The molecule has 372 valence electrons. The summed E-state index contributed by atoms with van der Waals surface area (Å²) in [5, 5.41) is 25.9. The first-order valence-corrected chi connectivity index (χ1v) is 26.6. The van der Waals surface area contributed by atoms with Gasteiger partial charge in [-0.1, -0.05) is 135 Å². The Morgan fingerprint density at radius 1 is 0.543 bits per heavy atom. The molecule has 8 aliphatic carbocycles. The molecule has 0 amide bonds. The van der Waals surface area contributed by atoms with Crippen LogP contribution in [0.5, 0.6) is 11.5 Å². The maximum atomic E-state index is 12.9. The fourth-order valence-electron chi connectivity index (χ4n) is 16.0. The van der Waals surface area contributed by atoms with Gasteiger partial charge < -0.3 is 25.1 Å². The predicted octanol–water partition coefficient (Wildman–Crippen LogP) is 17.3. The van der Waals surface area contributed by atoms with Gasteiger partial charge in [-0.2, -0.15) is 0 Å². The van der Waals surface area contributed by atoms with E-state index in [2.05, 4.69) is 153 Å². The van der Waals surface area contributed by atoms with Crippen LogP contribution in [0.25, 0.3) is 28.0 Å². The van der Waals surface area contributed by atoms with Crippen molar-refractivity contribution in [2.75, 3.05) is 0 Å². The van der Waals surface area contributed by atoms with Gasteiger partial charge in [-0.25, -0.2) is 4.58 Å². The molecule has 0 radical (unpaired) electrons. The van der Waals surface area contributed by atoms with Crippen molar-refractivity contribution in [3.63, 3.8) is 0 Å². The molecule has 8 fully saturated rings. The number of phenolic OH excluding ortho intramolecular Hbond substituents is 2. The zero-order valence-electron chi connectivity index (χ0n) is 45.2. The van der Waals surface area contributed by atoms with Gasteiger partial charge in [-0.05, 0) is 198 Å². The van der Waals surface area contributed by atoms with Crippen LogP contribution in [0.2, 0.25) is 0 Å². The van der Waals surface area contributed by atoms with Crippen molar-refractivity contribution in [1.29, 1.82) is 0 Å². The molecule has 0 atom stereocenters. The van der Waals surface area contributed by atoms with E-state index >= 15 is 0 Å². The van der Waals surface area contributed by atoms with E-state index in [-0.39, 0.29) is 62.4 Å². The minimum Gasteiger partial charge on any atom is -0.508 e. The molecule has 1 aliphatic heterocycles. The standard InChI is InChI=1S/C64H79NO2.2CH3.Hf/c1-37(2)45-15-17-49(53-27-47(61(5,6)7)29-55(59(53)66)63-31-39-19-40(32-63)21-41(20-39)33-63)51(25-45)57-13-12-14-58(65(57)11)52-26-46(38(3)4)16-18-50(52)54-28-48(62(8,9)10)30-56(60(54)67)64-34-42-22-43(35-64)24-44(23-42)36-64;;;/h12-18,25-30,37-44,66-67H,11,19-24,31-36H2,1-10H3;2*1H3;/q;2*-1;. The summed E-state index contributed by atoms with van der Waals surface area (Å²) in [5.41, 5.74) is 14.6. The van der Waals surface area contributed by atoms with Crippen LogP contribution in [0.1, 0.15) is 203 Å². The quantitative estimate of drug-likeness (QED) is 0.105. The molecule has 8 saturated carbocycles. The second-order valence-corrected chi connectivity index (χ2v) is 26.4. The second-order valence-electron chi connectivity index (χ2n) is 26.4. The van der Waals surface area contributed by atoms with Crippen molar-refractivity contribution in [2.24, 2.45) is 35.5 Å². The van der Waals surface area contributed by atoms with Crippen molar-refractivity contribution in [2.45, 2.75) is 180 Å². The van der Waals surface area contributed by atoms with Crippen molar-refractivity contribution in [1.82, 2.24) is 0 Å². The van der Waals surface area contributed by atoms with Crippen molar-refractivity contribution in [3.8, 4) is 33.8 Å². The zero-order valence-corrected chi connectivity index (χ0v) is 48.8. The Balaban J connectivity index is 0.00000220. The minimum atomic E-state index is -0.0904. The van der Waals surface area contributed by atoms with Gasteiger partial charge in [0, 0.05) is 48.1 Å². The third-order valence-electron chi connectivity index (χ3n) is 18.8. The number of allylic oxidation sites excluding steroid dienone is 2. The van der Waals surface area contributed by atoms with Crippen LogP contribution in [0.15, 0.2) is 78.9 Å². The predicted molar refractivity (Wildman–Crippen MR) is 292 cm³/mol. The van der Waals surface area contributed by atoms with Crippen LogP contribution in [-0.4, -0.2) is 21.5 Å². The number of rotatable bonds is 8. The van der Waals surface area contributed by atoms with Gasteiger partial charge in [0.1, 0.15) is 17.5 Å². The molecule has 13 rings (SSSR count). The fraction of sp³-hybridized carbons (Fsp3) is 0.515. The number of nitrogens with zero attached hydrogens (tertiary/aromatic N) is 1. The maximum Gasteiger partial charge on any atom is 0.160 e. The first kappa shape index (κ1) is 52.7. The molecule has 8 bridgehead atoms. The van der Waals surface area contributed by atoms with Crippen LogP contribution in [0.3, 0.4) is 0 Å². The van der Waals surface area contributed by atoms with E-state index in [9.17, 15) is 10.2 Å². The average Bonchev–Trinajstić information content (AvgIpc) is 3.24. The summed E-state index contributed by atoms with van der Waals surface area (Å²) in [6.45, 7) is 28.0. The second kappa shape index (κ2) is 18.7. The molecule has 1 heterocycles. The first-order chi connectivity index (χ1) is 31.7. The van der Waals surface area contributed by atoms with Crippen molar-refractivity contribution >= 4 is 12.4 Å². The minimum absolute atomic E-state index is 0. The molecule has 0 saturated heterocycles. The molecule has 0 unspecified atom stereocenters. The Bertz CT molecular complexity index is 2660. The van der Waals surface area contributed by atoms with E-state index < -0.39 is 0 Å². The van der Waals surface area contributed by atoms with E-state index in [0.717, 1.165) is 80.6 Å². The van der Waals surface area contributed by atoms with Gasteiger partial charge in [0.05, 0.1) is 6.72 Å². The Kier molecular flexibility index (Phi) is 14.1. The molecular formula is C66H85HfNO2-2. The topological polar surface area (TPSA) is 43.5 Å². The monoisotopic (exact) mass is 1100 g/mol. The van der Waals surface area contributed by atoms with Crippen LogP contribution in [-0.2, 0) is 47.5 Å². The van der Waals surface area contributed by atoms with E-state index in [4.69, 9.17) is 6.72 Å². The van der Waals surface area contributed by atoms with Crippen LogP contribution >= 0.6 is 0 Å². The van der Waals surface area contributed by atoms with Gasteiger partial charge in [-0.15, -0.1) is 6.08 Å². The van der Waals surface area contributed by atoms with E-state index in [1.54, 1.807) is 0 Å². The van der Waals surface area contributed by atoms with E-state index in [0.29, 0.717) is 23.3 Å². The van der Waals surface area contributed by atoms with Crippen LogP contribution in [0.4, 0.5) is 0 Å². The van der Waals surface area contributed by atoms with E-state index in [1.807, 2.05) is 0 Å². The Morgan fingerprint density at radius 2 is 0.929 bits per heavy atom. The number of hydrogen-bond donors (Lipinski definition) is 2. The van der Waals surface area contributed by atoms with Gasteiger partial charge >= 0.3 is 0 Å². The number of hydrogen-bond acceptors (Lipinski definition) is 2. The molecule has 4 aromatic rings. The molecule has 2 N–H and O–H groups in total. The molecule has 4 aromatic carbocycles. The number of aromatic hydroxyl groups is 2. The summed E-state index contributed by atoms with van der Waals surface area (Å²) in [4.78, 5) is 0. The third-order valence-corrected chi connectivity index (χ3v) is 18.8. The molecule has 70 heavy (non-hydrogen) atoms. The zero-order chi connectivity index (χ0) is 47.1. The van der Waals surface area contributed by atoms with Gasteiger partial charge in [0.15, 0.2) is 5.70 Å². The SMILES string of the molecule is C=[N+]1C(c2cc(C(C)C)ccc2-c2cc(C(C)(C)C)cc(C34CC5CC(CC(C5)C3)C4)c2O)=CC=C[C-]1c1cc(C(C)C)ccc1-c1cc(C(C)(C)C)cc(C23CC4CC(CC(C4)C2)C3)c1O.[CH3-].[CH3-].[Hf]. The molecular weight excluding hydrogens is 1020 g/mol. The summed E-state index contributed by atoms with van der Waals surface area (Å²) in [6.07, 6.45) is 22.1. The molecule has 3 nitrogen and oxygen atoms in total. The summed E-state index contributed by atoms with van der Waals surface area (Å²) >= 11 is 0. The largest absolute Gasteiger partial charge is 0.508 e. The molecule has 9 aliphatic rings. The first-order valence-electron chi connectivity index (χ1n) is 26.6. The van der Waals surface area contributed by atoms with Crippen LogP contribution in [0, 0.1) is 56.4 Å². The molecule has 0 spiro atoms. The van der Waals surface area contributed by atoms with Crippen molar-refractivity contribution in [3.05, 3.63) is 144 Å². The van der Waals surface area contributed by atoms with Gasteiger partial charge in [-0.3, -0.25) is 0 Å². The van der Waals surface area contributed by atoms with Gasteiger partial charge in [0.2, 0.25) is 0 Å². The fourth-order valence-corrected chi connectivity index (χ4v) is 16.0. The smallest absolute Gasteiger partial charge is 0.160 e. The summed E-state index contributed by atoms with van der Waals surface area (Å²) < 4.78 is 2.15. The normalized spacial score (nSPS) is 28.5. The Morgan fingerprint density at radius 3 is 1.33 bits per heavy atom. The average molecular weight is 1100 g/mol. The summed E-state index contributed by atoms with van der Waals surface area (Å²) in [5.74, 6) is 6.28.